The molecule has 0 aliphatic heterocycles. The number of hydrogen-bond donors (Lipinski definition) is 1. The zero-order valence-electron chi connectivity index (χ0n) is 11.8. The van der Waals surface area contributed by atoms with E-state index in [0.29, 0.717) is 6.42 Å². The van der Waals surface area contributed by atoms with Gasteiger partial charge < -0.3 is 5.73 Å². The first-order valence-electron chi connectivity index (χ1n) is 6.63. The highest BCUT2D eigenvalue weighted by molar-refractivity contribution is 7.92. The minimum atomic E-state index is -4.71. The van der Waals surface area contributed by atoms with Crippen molar-refractivity contribution in [3.63, 3.8) is 0 Å². The molecule has 1 aromatic rings. The molecule has 118 valence electrons. The summed E-state index contributed by atoms with van der Waals surface area (Å²) in [5.41, 5.74) is 4.46. The highest BCUT2D eigenvalue weighted by atomic mass is 32.2. The van der Waals surface area contributed by atoms with Gasteiger partial charge in [0.1, 0.15) is 0 Å². The predicted octanol–water partition coefficient (Wildman–Crippen LogP) is 3.00. The predicted molar refractivity (Wildman–Crippen MR) is 73.4 cm³/mol. The maximum absolute atomic E-state index is 13.0. The molecule has 2 rings (SSSR count). The van der Waals surface area contributed by atoms with Crippen LogP contribution in [0.4, 0.5) is 13.2 Å². The van der Waals surface area contributed by atoms with Gasteiger partial charge in [0.15, 0.2) is 9.84 Å². The van der Waals surface area contributed by atoms with Crippen LogP contribution in [0.3, 0.4) is 0 Å². The molecule has 0 saturated heterocycles. The Labute approximate surface area is 122 Å². The standard InChI is InChI=1S/C14H18F3NO2S/c1-13(2)8-7-11(12(13)18)21(19,20)10-6-4-3-5-9(10)14(15,16)17/h3-6,11-12H,7-8,18H2,1-2H3. The summed E-state index contributed by atoms with van der Waals surface area (Å²) in [5, 5.41) is -0.976. The third-order valence-corrected chi connectivity index (χ3v) is 6.57. The smallest absolute Gasteiger partial charge is 0.326 e. The first-order valence-corrected chi connectivity index (χ1v) is 8.18. The van der Waals surface area contributed by atoms with Crippen LogP contribution in [0.5, 0.6) is 0 Å². The largest absolute Gasteiger partial charge is 0.417 e. The van der Waals surface area contributed by atoms with Crippen LogP contribution in [-0.2, 0) is 16.0 Å². The Hall–Kier alpha value is -1.08. The summed E-state index contributed by atoms with van der Waals surface area (Å²) in [4.78, 5) is -0.671. The summed E-state index contributed by atoms with van der Waals surface area (Å²) in [6, 6.07) is 3.60. The van der Waals surface area contributed by atoms with Gasteiger partial charge in [-0.1, -0.05) is 26.0 Å². The third kappa shape index (κ3) is 2.81. The number of hydrogen-bond acceptors (Lipinski definition) is 3. The lowest BCUT2D eigenvalue weighted by Gasteiger charge is -2.27. The minimum absolute atomic E-state index is 0.280. The van der Waals surface area contributed by atoms with Crippen LogP contribution in [0, 0.1) is 5.41 Å². The number of sulfone groups is 1. The van der Waals surface area contributed by atoms with E-state index in [0.717, 1.165) is 12.1 Å². The minimum Gasteiger partial charge on any atom is -0.326 e. The first kappa shape index (κ1) is 16.3. The quantitative estimate of drug-likeness (QED) is 0.911. The molecule has 0 aromatic heterocycles. The second-order valence-corrected chi connectivity index (χ2v) is 8.27. The lowest BCUT2D eigenvalue weighted by atomic mass is 9.88. The summed E-state index contributed by atoms with van der Waals surface area (Å²) in [5.74, 6) is 0. The van der Waals surface area contributed by atoms with Gasteiger partial charge in [-0.15, -0.1) is 0 Å². The maximum Gasteiger partial charge on any atom is 0.417 e. The number of alkyl halides is 3. The van der Waals surface area contributed by atoms with Gasteiger partial charge in [-0.05, 0) is 30.4 Å². The molecule has 0 bridgehead atoms. The Balaban J connectivity index is 2.52. The second kappa shape index (κ2) is 4.98. The van der Waals surface area contributed by atoms with Gasteiger partial charge in [0.2, 0.25) is 0 Å². The molecule has 3 nitrogen and oxygen atoms in total. The van der Waals surface area contributed by atoms with E-state index in [2.05, 4.69) is 0 Å². The molecule has 21 heavy (non-hydrogen) atoms. The fourth-order valence-electron chi connectivity index (χ4n) is 2.82. The molecule has 0 spiro atoms. The van der Waals surface area contributed by atoms with Crippen LogP contribution in [0.15, 0.2) is 29.2 Å². The topological polar surface area (TPSA) is 60.2 Å². The number of halogens is 3. The molecule has 0 radical (unpaired) electrons. The second-order valence-electron chi connectivity index (χ2n) is 6.13. The van der Waals surface area contributed by atoms with E-state index in [1.807, 2.05) is 13.8 Å². The molecule has 1 aromatic carbocycles. The number of benzene rings is 1. The lowest BCUT2D eigenvalue weighted by Crippen LogP contribution is -2.43. The van der Waals surface area contributed by atoms with Gasteiger partial charge in [-0.2, -0.15) is 13.2 Å². The SMILES string of the molecule is CC1(C)CCC(S(=O)(=O)c2ccccc2C(F)(F)F)C1N. The highest BCUT2D eigenvalue weighted by Crippen LogP contribution is 2.43. The number of rotatable bonds is 2. The molecule has 7 heteroatoms. The Morgan fingerprint density at radius 2 is 1.81 bits per heavy atom. The summed E-state index contributed by atoms with van der Waals surface area (Å²) in [6.07, 6.45) is -3.85. The van der Waals surface area contributed by atoms with Crippen molar-refractivity contribution in [1.29, 1.82) is 0 Å². The Morgan fingerprint density at radius 3 is 2.29 bits per heavy atom. The van der Waals surface area contributed by atoms with Crippen molar-refractivity contribution in [3.8, 4) is 0 Å². The molecule has 1 saturated carbocycles. The van der Waals surface area contributed by atoms with Crippen molar-refractivity contribution in [2.24, 2.45) is 11.1 Å². The fraction of sp³-hybridized carbons (Fsp3) is 0.571. The summed E-state index contributed by atoms with van der Waals surface area (Å²) in [6.45, 7) is 3.67. The summed E-state index contributed by atoms with van der Waals surface area (Å²) < 4.78 is 64.3. The zero-order chi connectivity index (χ0) is 16.1. The van der Waals surface area contributed by atoms with Crippen LogP contribution in [0.2, 0.25) is 0 Å². The fourth-order valence-corrected chi connectivity index (χ4v) is 5.09. The van der Waals surface area contributed by atoms with E-state index in [-0.39, 0.29) is 6.42 Å². The molecule has 0 amide bonds. The molecule has 1 aliphatic carbocycles. The van der Waals surface area contributed by atoms with Crippen molar-refractivity contribution >= 4 is 9.84 Å². The Morgan fingerprint density at radius 1 is 1.24 bits per heavy atom. The van der Waals surface area contributed by atoms with Gasteiger partial charge in [0.05, 0.1) is 15.7 Å². The van der Waals surface area contributed by atoms with E-state index in [9.17, 15) is 21.6 Å². The normalized spacial score (nSPS) is 26.0. The Bertz CT molecular complexity index is 638. The van der Waals surface area contributed by atoms with Crippen LogP contribution in [0.25, 0.3) is 0 Å². The molecule has 1 fully saturated rings. The molecule has 0 heterocycles. The zero-order valence-corrected chi connectivity index (χ0v) is 12.6. The maximum atomic E-state index is 13.0. The van der Waals surface area contributed by atoms with Crippen molar-refractivity contribution in [1.82, 2.24) is 0 Å². The summed E-state index contributed by atoms with van der Waals surface area (Å²) >= 11 is 0. The van der Waals surface area contributed by atoms with E-state index >= 15 is 0 Å². The highest BCUT2D eigenvalue weighted by Gasteiger charge is 2.48. The van der Waals surface area contributed by atoms with Crippen molar-refractivity contribution in [2.45, 2.75) is 49.1 Å². The van der Waals surface area contributed by atoms with E-state index in [4.69, 9.17) is 5.73 Å². The number of nitrogens with two attached hydrogens (primary N) is 1. The van der Waals surface area contributed by atoms with Gasteiger partial charge >= 0.3 is 6.18 Å². The average Bonchev–Trinajstić information content (AvgIpc) is 2.64. The monoisotopic (exact) mass is 321 g/mol. The molecule has 2 unspecified atom stereocenters. The van der Waals surface area contributed by atoms with Gasteiger partial charge in [-0.3, -0.25) is 0 Å². The molecule has 1 aliphatic rings. The third-order valence-electron chi connectivity index (χ3n) is 4.27. The van der Waals surface area contributed by atoms with Crippen LogP contribution < -0.4 is 5.73 Å². The lowest BCUT2D eigenvalue weighted by molar-refractivity contribution is -0.139. The van der Waals surface area contributed by atoms with Gasteiger partial charge in [0.25, 0.3) is 0 Å². The van der Waals surface area contributed by atoms with Crippen LogP contribution in [-0.4, -0.2) is 19.7 Å². The Kier molecular flexibility index (Phi) is 3.87. The average molecular weight is 321 g/mol. The van der Waals surface area contributed by atoms with Gasteiger partial charge in [-0.25, -0.2) is 8.42 Å². The van der Waals surface area contributed by atoms with Crippen molar-refractivity contribution in [3.05, 3.63) is 29.8 Å². The molecule has 2 N–H and O–H groups in total. The van der Waals surface area contributed by atoms with Crippen LogP contribution in [0.1, 0.15) is 32.3 Å². The van der Waals surface area contributed by atoms with Crippen molar-refractivity contribution < 1.29 is 21.6 Å². The van der Waals surface area contributed by atoms with Crippen LogP contribution >= 0.6 is 0 Å². The molecular formula is C14H18F3NO2S. The van der Waals surface area contributed by atoms with E-state index in [1.165, 1.54) is 12.1 Å². The van der Waals surface area contributed by atoms with E-state index < -0.39 is 43.2 Å². The van der Waals surface area contributed by atoms with E-state index in [1.54, 1.807) is 0 Å². The molecule has 2 atom stereocenters. The van der Waals surface area contributed by atoms with Gasteiger partial charge in [0, 0.05) is 6.04 Å². The first-order chi connectivity index (χ1) is 9.48. The summed E-state index contributed by atoms with van der Waals surface area (Å²) in [7, 11) is -4.12. The molecular weight excluding hydrogens is 303 g/mol. The van der Waals surface area contributed by atoms with Crippen molar-refractivity contribution in [2.75, 3.05) is 0 Å².